The van der Waals surface area contributed by atoms with E-state index >= 15 is 0 Å². The Bertz CT molecular complexity index is 616. The number of hydrogen-bond acceptors (Lipinski definition) is 5. The molecule has 1 fully saturated rings. The summed E-state index contributed by atoms with van der Waals surface area (Å²) in [6.07, 6.45) is 0. The van der Waals surface area contributed by atoms with Crippen LogP contribution in [0.15, 0.2) is 29.2 Å². The first-order chi connectivity index (χ1) is 9.39. The Morgan fingerprint density at radius 2 is 2.10 bits per heavy atom. The molecule has 2 rings (SSSR count). The number of hydrogen-bond donors (Lipinski definition) is 1. The molecule has 1 aliphatic heterocycles. The van der Waals surface area contributed by atoms with Crippen LogP contribution in [-0.4, -0.2) is 48.1 Å². The first kappa shape index (κ1) is 15.1. The molecule has 0 aliphatic carbocycles. The number of methoxy groups -OCH3 is 1. The van der Waals surface area contributed by atoms with E-state index in [1.807, 2.05) is 0 Å². The fourth-order valence-corrected chi connectivity index (χ4v) is 5.57. The standard InChI is InChI=1S/C12H15NO5S2/c1-8-13(9(7-19-8)12(14)15)20(16,17)11-6-4-3-5-10(11)18-2/h3-6,8-9H,7H2,1-2H3,(H,14,15). The van der Waals surface area contributed by atoms with Gasteiger partial charge in [-0.1, -0.05) is 12.1 Å². The van der Waals surface area contributed by atoms with Crippen molar-refractivity contribution in [3.63, 3.8) is 0 Å². The van der Waals surface area contributed by atoms with Crippen molar-refractivity contribution >= 4 is 27.8 Å². The van der Waals surface area contributed by atoms with Gasteiger partial charge in [0.05, 0.1) is 12.5 Å². The summed E-state index contributed by atoms with van der Waals surface area (Å²) in [5, 5.41) is 8.76. The predicted octanol–water partition coefficient (Wildman–Crippen LogP) is 1.23. The van der Waals surface area contributed by atoms with Gasteiger partial charge in [-0.25, -0.2) is 8.42 Å². The molecule has 0 aromatic heterocycles. The van der Waals surface area contributed by atoms with Gasteiger partial charge in [-0.15, -0.1) is 11.8 Å². The molecule has 1 aromatic carbocycles. The highest BCUT2D eigenvalue weighted by atomic mass is 32.2. The average Bonchev–Trinajstić information content (AvgIpc) is 2.81. The third-order valence-electron chi connectivity index (χ3n) is 3.07. The molecule has 8 heteroatoms. The Labute approximate surface area is 121 Å². The van der Waals surface area contributed by atoms with E-state index in [-0.39, 0.29) is 16.4 Å². The molecule has 1 aromatic rings. The molecule has 0 bridgehead atoms. The van der Waals surface area contributed by atoms with E-state index in [0.717, 1.165) is 4.31 Å². The van der Waals surface area contributed by atoms with Crippen LogP contribution in [0.4, 0.5) is 0 Å². The van der Waals surface area contributed by atoms with Gasteiger partial charge < -0.3 is 9.84 Å². The van der Waals surface area contributed by atoms with Crippen molar-refractivity contribution in [2.45, 2.75) is 23.2 Å². The number of aliphatic carboxylic acids is 1. The minimum absolute atomic E-state index is 0.0110. The lowest BCUT2D eigenvalue weighted by molar-refractivity contribution is -0.140. The number of thioether (sulfide) groups is 1. The maximum absolute atomic E-state index is 12.7. The molecule has 2 atom stereocenters. The smallest absolute Gasteiger partial charge is 0.322 e. The van der Waals surface area contributed by atoms with Gasteiger partial charge in [0.1, 0.15) is 16.7 Å². The van der Waals surface area contributed by atoms with Gasteiger partial charge in [0.25, 0.3) is 0 Å². The molecular formula is C12H15NO5S2. The number of benzene rings is 1. The number of carboxylic acids is 1. The SMILES string of the molecule is COc1ccccc1S(=O)(=O)N1C(C)SCC1C(=O)O. The second-order valence-electron chi connectivity index (χ2n) is 4.27. The van der Waals surface area contributed by atoms with Crippen LogP contribution in [-0.2, 0) is 14.8 Å². The summed E-state index contributed by atoms with van der Waals surface area (Å²) in [5.41, 5.74) is 0. The van der Waals surface area contributed by atoms with Gasteiger partial charge in [0.15, 0.2) is 0 Å². The van der Waals surface area contributed by atoms with Crippen molar-refractivity contribution in [2.75, 3.05) is 12.9 Å². The van der Waals surface area contributed by atoms with Crippen LogP contribution in [0.3, 0.4) is 0 Å². The van der Waals surface area contributed by atoms with E-state index in [9.17, 15) is 18.3 Å². The third kappa shape index (κ3) is 2.50. The highest BCUT2D eigenvalue weighted by Gasteiger charge is 2.45. The normalized spacial score (nSPS) is 23.7. The van der Waals surface area contributed by atoms with Crippen LogP contribution in [0.25, 0.3) is 0 Å². The number of para-hydroxylation sites is 1. The van der Waals surface area contributed by atoms with E-state index in [4.69, 9.17) is 4.74 Å². The largest absolute Gasteiger partial charge is 0.495 e. The van der Waals surface area contributed by atoms with Crippen LogP contribution in [0.1, 0.15) is 6.92 Å². The lowest BCUT2D eigenvalue weighted by Gasteiger charge is -2.24. The van der Waals surface area contributed by atoms with Crippen LogP contribution < -0.4 is 4.74 Å². The molecule has 1 N–H and O–H groups in total. The summed E-state index contributed by atoms with van der Waals surface area (Å²) >= 11 is 1.30. The highest BCUT2D eigenvalue weighted by molar-refractivity contribution is 8.01. The van der Waals surface area contributed by atoms with E-state index in [0.29, 0.717) is 0 Å². The Morgan fingerprint density at radius 3 is 2.70 bits per heavy atom. The summed E-state index contributed by atoms with van der Waals surface area (Å²) in [7, 11) is -2.54. The number of sulfonamides is 1. The molecule has 0 saturated carbocycles. The Kier molecular flexibility index (Phi) is 4.26. The van der Waals surface area contributed by atoms with Crippen LogP contribution in [0.2, 0.25) is 0 Å². The maximum atomic E-state index is 12.7. The monoisotopic (exact) mass is 317 g/mol. The minimum atomic E-state index is -3.92. The van der Waals surface area contributed by atoms with E-state index in [2.05, 4.69) is 0 Å². The summed E-state index contributed by atoms with van der Waals surface area (Å²) in [6, 6.07) is 5.15. The van der Waals surface area contributed by atoms with E-state index in [1.165, 1.54) is 31.0 Å². The van der Waals surface area contributed by atoms with E-state index in [1.54, 1.807) is 19.1 Å². The van der Waals surface area contributed by atoms with Crippen molar-refractivity contribution in [1.29, 1.82) is 0 Å². The fourth-order valence-electron chi connectivity index (χ4n) is 2.12. The summed E-state index contributed by atoms with van der Waals surface area (Å²) < 4.78 is 31.5. The molecule has 1 aliphatic rings. The van der Waals surface area contributed by atoms with Gasteiger partial charge in [-0.3, -0.25) is 4.79 Å². The van der Waals surface area contributed by atoms with Crippen molar-refractivity contribution in [2.24, 2.45) is 0 Å². The van der Waals surface area contributed by atoms with Crippen molar-refractivity contribution in [3.8, 4) is 5.75 Å². The Hall–Kier alpha value is -1.25. The van der Waals surface area contributed by atoms with E-state index < -0.39 is 27.4 Å². The highest BCUT2D eigenvalue weighted by Crippen LogP contribution is 2.36. The van der Waals surface area contributed by atoms with Gasteiger partial charge >= 0.3 is 5.97 Å². The van der Waals surface area contributed by atoms with Gasteiger partial charge in [-0.05, 0) is 19.1 Å². The van der Waals surface area contributed by atoms with Crippen molar-refractivity contribution in [1.82, 2.24) is 4.31 Å². The maximum Gasteiger partial charge on any atom is 0.322 e. The molecule has 1 saturated heterocycles. The molecule has 110 valence electrons. The second kappa shape index (κ2) is 5.63. The van der Waals surface area contributed by atoms with Crippen molar-refractivity contribution in [3.05, 3.63) is 24.3 Å². The quantitative estimate of drug-likeness (QED) is 0.899. The Morgan fingerprint density at radius 1 is 1.45 bits per heavy atom. The van der Waals surface area contributed by atoms with Gasteiger partial charge in [0, 0.05) is 5.75 Å². The zero-order valence-corrected chi connectivity index (χ0v) is 12.6. The molecular weight excluding hydrogens is 302 g/mol. The molecule has 0 amide bonds. The molecule has 20 heavy (non-hydrogen) atoms. The first-order valence-corrected chi connectivity index (χ1v) is 8.39. The summed E-state index contributed by atoms with van der Waals surface area (Å²) in [6.45, 7) is 1.68. The van der Waals surface area contributed by atoms with Gasteiger partial charge in [-0.2, -0.15) is 4.31 Å². The minimum Gasteiger partial charge on any atom is -0.495 e. The molecule has 0 radical (unpaired) electrons. The number of rotatable bonds is 4. The first-order valence-electron chi connectivity index (χ1n) is 5.90. The third-order valence-corrected chi connectivity index (χ3v) is 6.44. The van der Waals surface area contributed by atoms with Crippen LogP contribution in [0.5, 0.6) is 5.75 Å². The second-order valence-corrected chi connectivity index (χ2v) is 7.43. The Balaban J connectivity index is 2.51. The number of nitrogens with zero attached hydrogens (tertiary/aromatic N) is 1. The zero-order chi connectivity index (χ0) is 14.9. The van der Waals surface area contributed by atoms with Crippen LogP contribution in [0, 0.1) is 0 Å². The molecule has 6 nitrogen and oxygen atoms in total. The number of ether oxygens (including phenoxy) is 1. The molecule has 0 spiro atoms. The molecule has 1 heterocycles. The topological polar surface area (TPSA) is 83.9 Å². The summed E-state index contributed by atoms with van der Waals surface area (Å²) in [5.74, 6) is -0.689. The number of carboxylic acid groups (broad SMARTS) is 1. The molecule has 2 unspecified atom stereocenters. The number of carbonyl (C=O) groups is 1. The van der Waals surface area contributed by atoms with Crippen molar-refractivity contribution < 1.29 is 23.1 Å². The predicted molar refractivity (Wildman–Crippen MR) is 75.4 cm³/mol. The average molecular weight is 317 g/mol. The lowest BCUT2D eigenvalue weighted by atomic mass is 10.3. The fraction of sp³-hybridized carbons (Fsp3) is 0.417. The lowest BCUT2D eigenvalue weighted by Crippen LogP contribution is -2.44. The van der Waals surface area contributed by atoms with Crippen LogP contribution >= 0.6 is 11.8 Å². The summed E-state index contributed by atoms with van der Waals surface area (Å²) in [4.78, 5) is 11.2. The van der Waals surface area contributed by atoms with Gasteiger partial charge in [0.2, 0.25) is 10.0 Å². The zero-order valence-electron chi connectivity index (χ0n) is 11.0.